The van der Waals surface area contributed by atoms with Gasteiger partial charge in [-0.05, 0) is 39.8 Å². The van der Waals surface area contributed by atoms with Crippen LogP contribution in [-0.4, -0.2) is 48.0 Å². The Balaban J connectivity index is 3.23. The first-order chi connectivity index (χ1) is 8.31. The average Bonchev–Trinajstić information content (AvgIpc) is 2.20. The fourth-order valence-corrected chi connectivity index (χ4v) is 1.80. The van der Waals surface area contributed by atoms with E-state index < -0.39 is 4.92 Å². The van der Waals surface area contributed by atoms with E-state index in [1.165, 1.54) is 6.07 Å². The van der Waals surface area contributed by atoms with Crippen LogP contribution in [0.25, 0.3) is 0 Å². The summed E-state index contributed by atoms with van der Waals surface area (Å²) in [6.07, 6.45) is 0. The molecule has 1 aromatic rings. The van der Waals surface area contributed by atoms with Crippen LogP contribution in [0.4, 0.5) is 5.69 Å². The second-order valence-electron chi connectivity index (χ2n) is 4.86. The SMILES string of the molecule is CN(C)Cc1cc(CN(C)C)c(O)c([N+](=O)[O-])c1. The third-order valence-electron chi connectivity index (χ3n) is 2.41. The maximum Gasteiger partial charge on any atom is 0.311 e. The fraction of sp³-hybridized carbons (Fsp3) is 0.500. The third kappa shape index (κ3) is 3.68. The minimum atomic E-state index is -0.548. The Morgan fingerprint density at radius 2 is 1.72 bits per heavy atom. The lowest BCUT2D eigenvalue weighted by molar-refractivity contribution is -0.386. The molecule has 1 N–H and O–H groups in total. The summed E-state index contributed by atoms with van der Waals surface area (Å²) in [5, 5.41) is 20.8. The van der Waals surface area contributed by atoms with Gasteiger partial charge >= 0.3 is 5.69 Å². The van der Waals surface area contributed by atoms with E-state index in [0.29, 0.717) is 18.7 Å². The second kappa shape index (κ2) is 5.79. The molecule has 0 radical (unpaired) electrons. The summed E-state index contributed by atoms with van der Waals surface area (Å²) in [5.74, 6) is -0.240. The quantitative estimate of drug-likeness (QED) is 0.635. The van der Waals surface area contributed by atoms with Crippen LogP contribution >= 0.6 is 0 Å². The van der Waals surface area contributed by atoms with E-state index in [4.69, 9.17) is 0 Å². The molecule has 0 aliphatic rings. The zero-order valence-electron chi connectivity index (χ0n) is 11.2. The van der Waals surface area contributed by atoms with Gasteiger partial charge in [0, 0.05) is 24.7 Å². The molecule has 0 spiro atoms. The molecule has 0 fully saturated rings. The van der Waals surface area contributed by atoms with Crippen LogP contribution in [0, 0.1) is 10.1 Å². The first kappa shape index (κ1) is 14.4. The molecule has 0 atom stereocenters. The predicted molar refractivity (Wildman–Crippen MR) is 69.5 cm³/mol. The van der Waals surface area contributed by atoms with Gasteiger partial charge in [0.15, 0.2) is 5.75 Å². The topological polar surface area (TPSA) is 69.8 Å². The van der Waals surface area contributed by atoms with Crippen molar-refractivity contribution in [3.8, 4) is 5.75 Å². The summed E-state index contributed by atoms with van der Waals surface area (Å²) in [7, 11) is 7.49. The van der Waals surface area contributed by atoms with Crippen LogP contribution in [0.3, 0.4) is 0 Å². The first-order valence-electron chi connectivity index (χ1n) is 5.60. The number of rotatable bonds is 5. The van der Waals surface area contributed by atoms with E-state index in [9.17, 15) is 15.2 Å². The van der Waals surface area contributed by atoms with Crippen molar-refractivity contribution < 1.29 is 10.0 Å². The van der Waals surface area contributed by atoms with Crippen LogP contribution < -0.4 is 0 Å². The van der Waals surface area contributed by atoms with Crippen LogP contribution in [0.2, 0.25) is 0 Å². The van der Waals surface area contributed by atoms with E-state index in [1.807, 2.05) is 44.1 Å². The zero-order chi connectivity index (χ0) is 13.9. The highest BCUT2D eigenvalue weighted by Gasteiger charge is 2.19. The highest BCUT2D eigenvalue weighted by Crippen LogP contribution is 2.32. The number of nitrogens with zero attached hydrogens (tertiary/aromatic N) is 3. The van der Waals surface area contributed by atoms with E-state index in [1.54, 1.807) is 0 Å². The van der Waals surface area contributed by atoms with Crippen LogP contribution in [-0.2, 0) is 13.1 Å². The smallest absolute Gasteiger partial charge is 0.311 e. The summed E-state index contributed by atoms with van der Waals surface area (Å²) in [5.41, 5.74) is 1.17. The summed E-state index contributed by atoms with van der Waals surface area (Å²) in [6.45, 7) is 1.06. The summed E-state index contributed by atoms with van der Waals surface area (Å²) in [4.78, 5) is 14.2. The largest absolute Gasteiger partial charge is 0.502 e. The number of nitro benzene ring substituents is 1. The maximum absolute atomic E-state index is 10.9. The van der Waals surface area contributed by atoms with Crippen LogP contribution in [0.1, 0.15) is 11.1 Å². The van der Waals surface area contributed by atoms with Gasteiger partial charge in [-0.2, -0.15) is 0 Å². The van der Waals surface area contributed by atoms with Gasteiger partial charge in [0.2, 0.25) is 0 Å². The normalized spacial score (nSPS) is 11.2. The van der Waals surface area contributed by atoms with Gasteiger partial charge in [-0.1, -0.05) is 0 Å². The molecule has 0 amide bonds. The van der Waals surface area contributed by atoms with Gasteiger partial charge in [0.25, 0.3) is 0 Å². The minimum absolute atomic E-state index is 0.230. The zero-order valence-corrected chi connectivity index (χ0v) is 11.2. The number of hydrogen-bond acceptors (Lipinski definition) is 5. The molecule has 0 unspecified atom stereocenters. The lowest BCUT2D eigenvalue weighted by Gasteiger charge is -2.15. The molecule has 6 nitrogen and oxygen atoms in total. The molecule has 0 aliphatic carbocycles. The number of aromatic hydroxyl groups is 1. The molecule has 0 bridgehead atoms. The molecule has 1 aromatic carbocycles. The van der Waals surface area contributed by atoms with Crippen LogP contribution in [0.5, 0.6) is 5.75 Å². The van der Waals surface area contributed by atoms with Crippen LogP contribution in [0.15, 0.2) is 12.1 Å². The maximum atomic E-state index is 10.9. The standard InChI is InChI=1S/C12H19N3O3/c1-13(2)7-9-5-10(8-14(3)4)12(16)11(6-9)15(17)18/h5-6,16H,7-8H2,1-4H3. The van der Waals surface area contributed by atoms with Gasteiger partial charge in [0.05, 0.1) is 4.92 Å². The number of nitro groups is 1. The van der Waals surface area contributed by atoms with Crippen molar-refractivity contribution in [2.45, 2.75) is 13.1 Å². The van der Waals surface area contributed by atoms with Crippen molar-refractivity contribution in [2.75, 3.05) is 28.2 Å². The molecular formula is C12H19N3O3. The monoisotopic (exact) mass is 253 g/mol. The molecule has 0 saturated heterocycles. The Morgan fingerprint density at radius 3 is 2.17 bits per heavy atom. The van der Waals surface area contributed by atoms with Gasteiger partial charge in [-0.3, -0.25) is 10.1 Å². The summed E-state index contributed by atoms with van der Waals surface area (Å²) >= 11 is 0. The Hall–Kier alpha value is -1.66. The second-order valence-corrected chi connectivity index (χ2v) is 4.86. The number of hydrogen-bond donors (Lipinski definition) is 1. The van der Waals surface area contributed by atoms with E-state index in [2.05, 4.69) is 0 Å². The number of benzene rings is 1. The number of phenolic OH excluding ortho intramolecular Hbond substituents is 1. The van der Waals surface area contributed by atoms with Crippen molar-refractivity contribution in [2.24, 2.45) is 0 Å². The molecule has 100 valence electrons. The molecular weight excluding hydrogens is 234 g/mol. The van der Waals surface area contributed by atoms with Crippen molar-refractivity contribution in [1.29, 1.82) is 0 Å². The minimum Gasteiger partial charge on any atom is -0.502 e. The van der Waals surface area contributed by atoms with E-state index in [0.717, 1.165) is 5.56 Å². The highest BCUT2D eigenvalue weighted by molar-refractivity contribution is 5.53. The van der Waals surface area contributed by atoms with Gasteiger partial charge in [-0.15, -0.1) is 0 Å². The first-order valence-corrected chi connectivity index (χ1v) is 5.60. The molecule has 18 heavy (non-hydrogen) atoms. The van der Waals surface area contributed by atoms with Crippen molar-refractivity contribution in [3.05, 3.63) is 33.4 Å². The lowest BCUT2D eigenvalue weighted by atomic mass is 10.1. The van der Waals surface area contributed by atoms with Gasteiger partial charge in [0.1, 0.15) is 0 Å². The Bertz CT molecular complexity index is 444. The summed E-state index contributed by atoms with van der Waals surface area (Å²) in [6, 6.07) is 3.23. The van der Waals surface area contributed by atoms with Crippen molar-refractivity contribution in [3.63, 3.8) is 0 Å². The van der Waals surface area contributed by atoms with E-state index >= 15 is 0 Å². The Morgan fingerprint density at radius 1 is 1.17 bits per heavy atom. The average molecular weight is 253 g/mol. The molecule has 1 rings (SSSR count). The fourth-order valence-electron chi connectivity index (χ4n) is 1.80. The molecule has 6 heteroatoms. The van der Waals surface area contributed by atoms with Gasteiger partial charge in [-0.25, -0.2) is 0 Å². The third-order valence-corrected chi connectivity index (χ3v) is 2.41. The number of phenols is 1. The molecule has 0 aliphatic heterocycles. The Labute approximate surface area is 107 Å². The van der Waals surface area contributed by atoms with Gasteiger partial charge < -0.3 is 14.9 Å². The summed E-state index contributed by atoms with van der Waals surface area (Å²) < 4.78 is 0. The lowest BCUT2D eigenvalue weighted by Crippen LogP contribution is -2.14. The highest BCUT2D eigenvalue weighted by atomic mass is 16.6. The van der Waals surface area contributed by atoms with Crippen molar-refractivity contribution in [1.82, 2.24) is 9.80 Å². The van der Waals surface area contributed by atoms with E-state index in [-0.39, 0.29) is 11.4 Å². The molecule has 0 aromatic heterocycles. The van der Waals surface area contributed by atoms with Crippen molar-refractivity contribution >= 4 is 5.69 Å². The molecule has 0 saturated carbocycles. The predicted octanol–water partition coefficient (Wildman–Crippen LogP) is 1.42. The Kier molecular flexibility index (Phi) is 4.63. The molecule has 0 heterocycles.